The fraction of sp³-hybridized carbons (Fsp3) is 0.500. The molecule has 32 heavy (non-hydrogen) atoms. The van der Waals surface area contributed by atoms with E-state index in [1.165, 1.54) is 12.1 Å². The van der Waals surface area contributed by atoms with E-state index >= 15 is 0 Å². The first-order valence-electron chi connectivity index (χ1n) is 11.7. The first kappa shape index (κ1) is 21.3. The Hall–Kier alpha value is -2.60. The maximum atomic E-state index is 14.2. The van der Waals surface area contributed by atoms with Crippen LogP contribution in [0.4, 0.5) is 9.18 Å². The molecule has 2 aromatic carbocycles. The molecule has 0 aromatic heterocycles. The van der Waals surface area contributed by atoms with Crippen molar-refractivity contribution in [2.75, 3.05) is 6.61 Å². The van der Waals surface area contributed by atoms with Crippen LogP contribution >= 0.6 is 0 Å². The highest BCUT2D eigenvalue weighted by Gasteiger charge is 2.49. The SMILES string of the molecule is O=C(OCc1ccccc1)N1C2CCCC1CC(O)(c1cc(F)ccc1OCC1CC1)C2. The molecule has 2 aliphatic heterocycles. The molecule has 170 valence electrons. The number of amides is 1. The third kappa shape index (κ3) is 4.46. The van der Waals surface area contributed by atoms with E-state index in [2.05, 4.69) is 0 Å². The van der Waals surface area contributed by atoms with Crippen molar-refractivity contribution in [3.8, 4) is 5.75 Å². The minimum Gasteiger partial charge on any atom is -0.493 e. The van der Waals surface area contributed by atoms with Gasteiger partial charge in [0.15, 0.2) is 0 Å². The third-order valence-corrected chi connectivity index (χ3v) is 7.04. The second-order valence-electron chi connectivity index (χ2n) is 9.52. The van der Waals surface area contributed by atoms with Gasteiger partial charge in [-0.15, -0.1) is 0 Å². The maximum Gasteiger partial charge on any atom is 0.410 e. The van der Waals surface area contributed by atoms with Crippen molar-refractivity contribution in [3.63, 3.8) is 0 Å². The summed E-state index contributed by atoms with van der Waals surface area (Å²) in [6.45, 7) is 0.822. The van der Waals surface area contributed by atoms with Crippen LogP contribution < -0.4 is 4.74 Å². The number of carbonyl (C=O) groups excluding carboxylic acids is 1. The topological polar surface area (TPSA) is 59.0 Å². The van der Waals surface area contributed by atoms with Gasteiger partial charge >= 0.3 is 6.09 Å². The van der Waals surface area contributed by atoms with Gasteiger partial charge in [-0.05, 0) is 61.8 Å². The van der Waals surface area contributed by atoms with Crippen LogP contribution in [0.1, 0.15) is 56.1 Å². The van der Waals surface area contributed by atoms with Crippen molar-refractivity contribution in [1.29, 1.82) is 0 Å². The van der Waals surface area contributed by atoms with Crippen molar-refractivity contribution < 1.29 is 23.8 Å². The van der Waals surface area contributed by atoms with E-state index in [4.69, 9.17) is 9.47 Å². The Labute approximate surface area is 188 Å². The summed E-state index contributed by atoms with van der Waals surface area (Å²) in [6, 6.07) is 13.7. The molecule has 1 saturated carbocycles. The summed E-state index contributed by atoms with van der Waals surface area (Å²) in [5.41, 5.74) is 0.219. The molecule has 2 aromatic rings. The van der Waals surface area contributed by atoms with Crippen molar-refractivity contribution in [3.05, 3.63) is 65.5 Å². The molecular formula is C26H30FNO4. The lowest BCUT2D eigenvalue weighted by Gasteiger charge is -2.51. The van der Waals surface area contributed by atoms with Gasteiger partial charge in [0.25, 0.3) is 0 Å². The molecule has 1 amide bonds. The fourth-order valence-electron chi connectivity index (χ4n) is 5.22. The largest absolute Gasteiger partial charge is 0.493 e. The number of carbonyl (C=O) groups is 1. The lowest BCUT2D eigenvalue weighted by molar-refractivity contribution is -0.0907. The van der Waals surface area contributed by atoms with Gasteiger partial charge in [0.05, 0.1) is 12.2 Å². The summed E-state index contributed by atoms with van der Waals surface area (Å²) in [7, 11) is 0. The number of aliphatic hydroxyl groups is 1. The molecule has 0 radical (unpaired) electrons. The standard InChI is InChI=1S/C26H30FNO4/c27-20-11-12-24(31-16-19-9-10-19)23(13-20)26(30)14-21-7-4-8-22(15-26)28(21)25(29)32-17-18-5-2-1-3-6-18/h1-3,5-6,11-13,19,21-22,30H,4,7-10,14-17H2. The normalized spacial score (nSPS) is 27.1. The molecule has 3 aliphatic rings. The summed E-state index contributed by atoms with van der Waals surface area (Å²) in [6.07, 6.45) is 5.29. The minimum atomic E-state index is -1.23. The number of hydrogen-bond donors (Lipinski definition) is 1. The predicted molar refractivity (Wildman–Crippen MR) is 118 cm³/mol. The van der Waals surface area contributed by atoms with Gasteiger partial charge in [-0.2, -0.15) is 0 Å². The van der Waals surface area contributed by atoms with Gasteiger partial charge in [-0.1, -0.05) is 30.3 Å². The quantitative estimate of drug-likeness (QED) is 0.676. The van der Waals surface area contributed by atoms with Gasteiger partial charge < -0.3 is 19.5 Å². The molecule has 1 N–H and O–H groups in total. The summed E-state index contributed by atoms with van der Waals surface area (Å²) < 4.78 is 25.8. The third-order valence-electron chi connectivity index (χ3n) is 7.04. The smallest absolute Gasteiger partial charge is 0.410 e. The zero-order valence-electron chi connectivity index (χ0n) is 18.2. The van der Waals surface area contributed by atoms with Crippen LogP contribution in [0.15, 0.2) is 48.5 Å². The van der Waals surface area contributed by atoms with Crippen LogP contribution in [0.5, 0.6) is 5.75 Å². The van der Waals surface area contributed by atoms with E-state index < -0.39 is 5.60 Å². The number of benzene rings is 2. The molecular weight excluding hydrogens is 409 g/mol. The average Bonchev–Trinajstić information content (AvgIpc) is 3.61. The Morgan fingerprint density at radius 2 is 1.78 bits per heavy atom. The Balaban J connectivity index is 1.33. The zero-order chi connectivity index (χ0) is 22.1. The average molecular weight is 440 g/mol. The first-order chi connectivity index (χ1) is 15.5. The van der Waals surface area contributed by atoms with Crippen LogP contribution in [0.25, 0.3) is 0 Å². The molecule has 6 heteroatoms. The number of hydrogen-bond acceptors (Lipinski definition) is 4. The van der Waals surface area contributed by atoms with Crippen LogP contribution in [0, 0.1) is 11.7 Å². The molecule has 3 fully saturated rings. The number of piperidine rings is 2. The van der Waals surface area contributed by atoms with E-state index in [0.29, 0.717) is 36.7 Å². The molecule has 2 atom stereocenters. The van der Waals surface area contributed by atoms with E-state index in [-0.39, 0.29) is 30.6 Å². The Morgan fingerprint density at radius 3 is 2.47 bits per heavy atom. The second kappa shape index (κ2) is 8.74. The van der Waals surface area contributed by atoms with E-state index in [1.54, 1.807) is 6.07 Å². The van der Waals surface area contributed by atoms with Crippen molar-refractivity contribution in [2.45, 2.75) is 69.2 Å². The molecule has 2 bridgehead atoms. The molecule has 0 spiro atoms. The Bertz CT molecular complexity index is 948. The number of fused-ring (bicyclic) bond motifs is 2. The molecule has 5 rings (SSSR count). The van der Waals surface area contributed by atoms with Crippen molar-refractivity contribution >= 4 is 6.09 Å². The number of ether oxygens (including phenoxy) is 2. The highest BCUT2D eigenvalue weighted by atomic mass is 19.1. The van der Waals surface area contributed by atoms with Gasteiger partial charge in [0, 0.05) is 30.5 Å². The molecule has 2 heterocycles. The summed E-state index contributed by atoms with van der Waals surface area (Å²) >= 11 is 0. The molecule has 5 nitrogen and oxygen atoms in total. The van der Waals surface area contributed by atoms with Crippen LogP contribution in [0.3, 0.4) is 0 Å². The maximum absolute atomic E-state index is 14.2. The van der Waals surface area contributed by atoms with Gasteiger partial charge in [0.1, 0.15) is 18.2 Å². The number of rotatable bonds is 6. The predicted octanol–water partition coefficient (Wildman–Crippen LogP) is 5.16. The lowest BCUT2D eigenvalue weighted by atomic mass is 9.72. The fourth-order valence-corrected chi connectivity index (χ4v) is 5.22. The van der Waals surface area contributed by atoms with Gasteiger partial charge in [-0.25, -0.2) is 9.18 Å². The van der Waals surface area contributed by atoms with Crippen LogP contribution in [-0.4, -0.2) is 34.8 Å². The monoisotopic (exact) mass is 439 g/mol. The van der Waals surface area contributed by atoms with E-state index in [9.17, 15) is 14.3 Å². The van der Waals surface area contributed by atoms with Crippen molar-refractivity contribution in [1.82, 2.24) is 4.90 Å². The van der Waals surface area contributed by atoms with E-state index in [0.717, 1.165) is 37.7 Å². The molecule has 2 unspecified atom stereocenters. The van der Waals surface area contributed by atoms with Crippen molar-refractivity contribution in [2.24, 2.45) is 5.92 Å². The van der Waals surface area contributed by atoms with Gasteiger partial charge in [-0.3, -0.25) is 0 Å². The van der Waals surface area contributed by atoms with Crippen LogP contribution in [0.2, 0.25) is 0 Å². The minimum absolute atomic E-state index is 0.143. The number of nitrogens with zero attached hydrogens (tertiary/aromatic N) is 1. The zero-order valence-corrected chi connectivity index (χ0v) is 18.2. The Morgan fingerprint density at radius 1 is 1.06 bits per heavy atom. The van der Waals surface area contributed by atoms with Gasteiger partial charge in [0.2, 0.25) is 0 Å². The highest BCUT2D eigenvalue weighted by Crippen LogP contribution is 2.47. The van der Waals surface area contributed by atoms with E-state index in [1.807, 2.05) is 35.2 Å². The first-order valence-corrected chi connectivity index (χ1v) is 11.7. The lowest BCUT2D eigenvalue weighted by Crippen LogP contribution is -2.59. The van der Waals surface area contributed by atoms with Crippen LogP contribution in [-0.2, 0) is 16.9 Å². The summed E-state index contributed by atoms with van der Waals surface area (Å²) in [5.74, 6) is 0.726. The Kier molecular flexibility index (Phi) is 5.80. The molecule has 2 saturated heterocycles. The molecule has 1 aliphatic carbocycles. The summed E-state index contributed by atoms with van der Waals surface area (Å²) in [5, 5.41) is 11.7. The highest BCUT2D eigenvalue weighted by molar-refractivity contribution is 5.69. The summed E-state index contributed by atoms with van der Waals surface area (Å²) in [4.78, 5) is 14.8. The number of halogens is 1. The second-order valence-corrected chi connectivity index (χ2v) is 9.52.